The first-order valence-electron chi connectivity index (χ1n) is 5.95. The highest BCUT2D eigenvalue weighted by Crippen LogP contribution is 2.34. The average molecular weight is 346 g/mol. The molecule has 0 saturated heterocycles. The fourth-order valence-corrected chi connectivity index (χ4v) is 3.56. The molecule has 0 fully saturated rings. The number of halogens is 3. The Balaban J connectivity index is 2.57. The van der Waals surface area contributed by atoms with Crippen molar-refractivity contribution in [1.29, 1.82) is 0 Å². The molecule has 0 spiro atoms. The summed E-state index contributed by atoms with van der Waals surface area (Å²) in [6.07, 6.45) is 0. The Kier molecular flexibility index (Phi) is 4.71. The second kappa shape index (κ2) is 6.11. The lowest BCUT2D eigenvalue weighted by Gasteiger charge is -2.20. The van der Waals surface area contributed by atoms with E-state index in [1.165, 1.54) is 23.5 Å². The van der Waals surface area contributed by atoms with Crippen molar-refractivity contribution in [3.8, 4) is 0 Å². The smallest absolute Gasteiger partial charge is 0.134 e. The Morgan fingerprint density at radius 1 is 1.32 bits per heavy atom. The molecule has 1 aromatic heterocycles. The van der Waals surface area contributed by atoms with Gasteiger partial charge in [0.15, 0.2) is 0 Å². The summed E-state index contributed by atoms with van der Waals surface area (Å²) in [4.78, 5) is 0. The Morgan fingerprint density at radius 2 is 2.05 bits per heavy atom. The van der Waals surface area contributed by atoms with E-state index >= 15 is 0 Å². The first-order valence-corrected chi connectivity index (χ1v) is 7.69. The van der Waals surface area contributed by atoms with E-state index in [1.54, 1.807) is 6.92 Å². The number of nitrogens with one attached hydrogen (secondary N) is 1. The highest BCUT2D eigenvalue weighted by atomic mass is 79.9. The normalized spacial score (nSPS) is 12.7. The standard InChI is InChI=1S/C14H14BrF2NS/c1-3-18-14(9-6-19-7-10(9)15)12-11(16)5-4-8(2)13(12)17/h4-7,14,18H,3H2,1-2H3. The van der Waals surface area contributed by atoms with Gasteiger partial charge in [-0.25, -0.2) is 8.78 Å². The highest BCUT2D eigenvalue weighted by Gasteiger charge is 2.24. The first kappa shape index (κ1) is 14.6. The van der Waals surface area contributed by atoms with E-state index in [0.717, 1.165) is 10.0 Å². The van der Waals surface area contributed by atoms with E-state index in [0.29, 0.717) is 12.1 Å². The first-order chi connectivity index (χ1) is 9.06. The molecule has 5 heteroatoms. The van der Waals surface area contributed by atoms with Crippen molar-refractivity contribution in [2.24, 2.45) is 0 Å². The van der Waals surface area contributed by atoms with Crippen molar-refractivity contribution >= 4 is 27.3 Å². The molecule has 1 unspecified atom stereocenters. The van der Waals surface area contributed by atoms with Crippen molar-refractivity contribution in [3.05, 3.63) is 55.7 Å². The van der Waals surface area contributed by atoms with Crippen LogP contribution < -0.4 is 5.32 Å². The molecular formula is C14H14BrF2NS. The van der Waals surface area contributed by atoms with E-state index in [1.807, 2.05) is 17.7 Å². The van der Waals surface area contributed by atoms with Crippen LogP contribution in [0.3, 0.4) is 0 Å². The van der Waals surface area contributed by atoms with Crippen molar-refractivity contribution in [2.75, 3.05) is 6.54 Å². The molecule has 1 atom stereocenters. The third-order valence-electron chi connectivity index (χ3n) is 2.97. The molecule has 1 heterocycles. The molecule has 19 heavy (non-hydrogen) atoms. The minimum absolute atomic E-state index is 0.0842. The van der Waals surface area contributed by atoms with Crippen molar-refractivity contribution in [2.45, 2.75) is 19.9 Å². The van der Waals surface area contributed by atoms with Crippen LogP contribution in [0.5, 0.6) is 0 Å². The summed E-state index contributed by atoms with van der Waals surface area (Å²) in [6.45, 7) is 4.18. The lowest BCUT2D eigenvalue weighted by Crippen LogP contribution is -2.24. The van der Waals surface area contributed by atoms with Gasteiger partial charge in [-0.05, 0) is 52.0 Å². The van der Waals surface area contributed by atoms with E-state index in [2.05, 4.69) is 21.2 Å². The van der Waals surface area contributed by atoms with E-state index in [9.17, 15) is 8.78 Å². The molecule has 0 radical (unpaired) electrons. The van der Waals surface area contributed by atoms with Gasteiger partial charge in [0.25, 0.3) is 0 Å². The summed E-state index contributed by atoms with van der Waals surface area (Å²) in [5.41, 5.74) is 1.39. The summed E-state index contributed by atoms with van der Waals surface area (Å²) in [6, 6.07) is 2.29. The maximum absolute atomic E-state index is 14.3. The summed E-state index contributed by atoms with van der Waals surface area (Å²) in [5, 5.41) is 6.96. The van der Waals surface area contributed by atoms with E-state index in [-0.39, 0.29) is 5.56 Å². The van der Waals surface area contributed by atoms with Gasteiger partial charge < -0.3 is 5.32 Å². The zero-order valence-corrected chi connectivity index (χ0v) is 13.0. The Labute approximate surface area is 123 Å². The Bertz CT molecular complexity index is 583. The number of hydrogen-bond acceptors (Lipinski definition) is 2. The molecule has 2 rings (SSSR count). The molecule has 2 aromatic rings. The Morgan fingerprint density at radius 3 is 2.63 bits per heavy atom. The lowest BCUT2D eigenvalue weighted by molar-refractivity contribution is 0.506. The van der Waals surface area contributed by atoms with Crippen LogP contribution >= 0.6 is 27.3 Å². The van der Waals surface area contributed by atoms with Gasteiger partial charge in [0, 0.05) is 15.4 Å². The fourth-order valence-electron chi connectivity index (χ4n) is 2.01. The van der Waals surface area contributed by atoms with Crippen LogP contribution in [0.15, 0.2) is 27.4 Å². The van der Waals surface area contributed by atoms with E-state index in [4.69, 9.17) is 0 Å². The Hall–Kier alpha value is -0.780. The third-order valence-corrected chi connectivity index (χ3v) is 4.72. The van der Waals surface area contributed by atoms with Crippen LogP contribution in [-0.4, -0.2) is 6.54 Å². The van der Waals surface area contributed by atoms with Crippen LogP contribution in [0.25, 0.3) is 0 Å². The molecule has 0 saturated carbocycles. The van der Waals surface area contributed by atoms with Gasteiger partial charge in [-0.1, -0.05) is 13.0 Å². The van der Waals surface area contributed by atoms with Crippen LogP contribution in [0.1, 0.15) is 29.7 Å². The van der Waals surface area contributed by atoms with Gasteiger partial charge in [-0.3, -0.25) is 0 Å². The van der Waals surface area contributed by atoms with Crippen LogP contribution in [0, 0.1) is 18.6 Å². The van der Waals surface area contributed by atoms with Gasteiger partial charge in [-0.2, -0.15) is 11.3 Å². The predicted octanol–water partition coefficient (Wildman–Crippen LogP) is 4.80. The summed E-state index contributed by atoms with van der Waals surface area (Å²) in [7, 11) is 0. The quantitative estimate of drug-likeness (QED) is 0.839. The zero-order valence-electron chi connectivity index (χ0n) is 10.6. The molecular weight excluding hydrogens is 332 g/mol. The number of rotatable bonds is 4. The summed E-state index contributed by atoms with van der Waals surface area (Å²) < 4.78 is 29.2. The third kappa shape index (κ3) is 2.88. The van der Waals surface area contributed by atoms with Crippen molar-refractivity contribution in [1.82, 2.24) is 5.32 Å². The van der Waals surface area contributed by atoms with Gasteiger partial charge in [-0.15, -0.1) is 0 Å². The molecule has 0 amide bonds. The molecule has 102 valence electrons. The summed E-state index contributed by atoms with van der Waals surface area (Å²) >= 11 is 4.93. The largest absolute Gasteiger partial charge is 0.306 e. The van der Waals surface area contributed by atoms with E-state index < -0.39 is 17.7 Å². The molecule has 1 nitrogen and oxygen atoms in total. The van der Waals surface area contributed by atoms with Gasteiger partial charge in [0.05, 0.1) is 6.04 Å². The number of aryl methyl sites for hydroxylation is 1. The topological polar surface area (TPSA) is 12.0 Å². The second-order valence-corrected chi connectivity index (χ2v) is 5.86. The minimum Gasteiger partial charge on any atom is -0.306 e. The number of hydrogen-bond donors (Lipinski definition) is 1. The van der Waals surface area contributed by atoms with Crippen LogP contribution in [0.2, 0.25) is 0 Å². The van der Waals surface area contributed by atoms with Gasteiger partial charge in [0.1, 0.15) is 11.6 Å². The predicted molar refractivity (Wildman–Crippen MR) is 78.6 cm³/mol. The molecule has 0 aliphatic heterocycles. The maximum Gasteiger partial charge on any atom is 0.134 e. The van der Waals surface area contributed by atoms with Crippen molar-refractivity contribution < 1.29 is 8.78 Å². The monoisotopic (exact) mass is 345 g/mol. The molecule has 0 aliphatic carbocycles. The zero-order chi connectivity index (χ0) is 14.0. The SMILES string of the molecule is CCNC(c1cscc1Br)c1c(F)ccc(C)c1F. The minimum atomic E-state index is -0.521. The molecule has 1 N–H and O–H groups in total. The number of benzene rings is 1. The highest BCUT2D eigenvalue weighted by molar-refractivity contribution is 9.10. The summed E-state index contributed by atoms with van der Waals surface area (Å²) in [5.74, 6) is -1.00. The molecule has 0 aliphatic rings. The molecule has 1 aromatic carbocycles. The van der Waals surface area contributed by atoms with Gasteiger partial charge >= 0.3 is 0 Å². The second-order valence-electron chi connectivity index (χ2n) is 4.26. The fraction of sp³-hybridized carbons (Fsp3) is 0.286. The molecule has 0 bridgehead atoms. The van der Waals surface area contributed by atoms with Crippen LogP contribution in [0.4, 0.5) is 8.78 Å². The number of thiophene rings is 1. The van der Waals surface area contributed by atoms with Crippen LogP contribution in [-0.2, 0) is 0 Å². The maximum atomic E-state index is 14.3. The lowest BCUT2D eigenvalue weighted by atomic mass is 9.98. The van der Waals surface area contributed by atoms with Gasteiger partial charge in [0.2, 0.25) is 0 Å². The average Bonchev–Trinajstić information content (AvgIpc) is 2.79. The van der Waals surface area contributed by atoms with Crippen molar-refractivity contribution in [3.63, 3.8) is 0 Å².